The van der Waals surface area contributed by atoms with Crippen molar-refractivity contribution >= 4 is 47.0 Å². The quantitative estimate of drug-likeness (QED) is 0.337. The minimum absolute atomic E-state index is 0.0385. The van der Waals surface area contributed by atoms with Gasteiger partial charge in [-0.15, -0.1) is 0 Å². The van der Waals surface area contributed by atoms with Crippen molar-refractivity contribution in [3.63, 3.8) is 0 Å². The fourth-order valence-electron chi connectivity index (χ4n) is 3.27. The molecule has 0 unspecified atom stereocenters. The number of anilines is 1. The average Bonchev–Trinajstić information content (AvgIpc) is 3.14. The molecule has 0 aliphatic carbocycles. The molecule has 0 fully saturated rings. The van der Waals surface area contributed by atoms with Gasteiger partial charge in [0.05, 0.1) is 11.6 Å². The third-order valence-electron chi connectivity index (χ3n) is 4.83. The number of fused-ring (bicyclic) bond motifs is 1. The summed E-state index contributed by atoms with van der Waals surface area (Å²) >= 11 is 11.9. The molecular formula is C22H22Cl2N2O4. The molecule has 0 spiro atoms. The molecule has 1 N–H and O–H groups in total. The van der Waals surface area contributed by atoms with Gasteiger partial charge in [0.2, 0.25) is 12.3 Å². The largest absolute Gasteiger partial charge is 0.492 e. The number of hydrogen-bond acceptors (Lipinski definition) is 4. The number of rotatable bonds is 10. The van der Waals surface area contributed by atoms with Gasteiger partial charge in [0.1, 0.15) is 5.75 Å². The summed E-state index contributed by atoms with van der Waals surface area (Å²) < 4.78 is 5.54. The molecule has 0 saturated carbocycles. The number of hydrogen-bond donors (Lipinski definition) is 1. The number of ketones is 1. The molecule has 2 amide bonds. The van der Waals surface area contributed by atoms with Crippen molar-refractivity contribution in [1.82, 2.24) is 5.32 Å². The molecule has 0 saturated heterocycles. The Labute approximate surface area is 185 Å². The van der Waals surface area contributed by atoms with Crippen LogP contribution < -0.4 is 15.0 Å². The molecule has 0 atom stereocenters. The predicted octanol–water partition coefficient (Wildman–Crippen LogP) is 4.06. The van der Waals surface area contributed by atoms with E-state index in [1.54, 1.807) is 35.2 Å². The maximum atomic E-state index is 12.4. The fourth-order valence-corrected chi connectivity index (χ4v) is 3.73. The summed E-state index contributed by atoms with van der Waals surface area (Å²) in [6.45, 7) is 1.26. The molecule has 30 heavy (non-hydrogen) atoms. The van der Waals surface area contributed by atoms with E-state index in [0.717, 1.165) is 24.1 Å². The van der Waals surface area contributed by atoms with Crippen molar-refractivity contribution in [3.05, 3.63) is 57.6 Å². The Hall–Kier alpha value is -2.57. The molecule has 8 heteroatoms. The lowest BCUT2D eigenvalue weighted by Crippen LogP contribution is -2.26. The van der Waals surface area contributed by atoms with Crippen LogP contribution in [0.2, 0.25) is 10.0 Å². The van der Waals surface area contributed by atoms with Crippen molar-refractivity contribution in [3.8, 4) is 5.75 Å². The van der Waals surface area contributed by atoms with E-state index in [9.17, 15) is 14.4 Å². The van der Waals surface area contributed by atoms with Gasteiger partial charge in [-0.05, 0) is 54.8 Å². The van der Waals surface area contributed by atoms with Gasteiger partial charge < -0.3 is 15.0 Å². The first-order valence-electron chi connectivity index (χ1n) is 9.70. The maximum Gasteiger partial charge on any atom is 0.220 e. The molecule has 1 aliphatic heterocycles. The normalized spacial score (nSPS) is 12.4. The Morgan fingerprint density at radius 3 is 2.73 bits per heavy atom. The second-order valence-electron chi connectivity index (χ2n) is 6.94. The predicted molar refractivity (Wildman–Crippen MR) is 117 cm³/mol. The number of ether oxygens (including phenoxy) is 1. The lowest BCUT2D eigenvalue weighted by atomic mass is 10.0. The van der Waals surface area contributed by atoms with E-state index < -0.39 is 0 Å². The molecule has 1 heterocycles. The van der Waals surface area contributed by atoms with E-state index in [1.807, 2.05) is 6.07 Å². The molecule has 2 aromatic rings. The van der Waals surface area contributed by atoms with Crippen LogP contribution in [0.15, 0.2) is 36.4 Å². The van der Waals surface area contributed by atoms with Crippen LogP contribution in [0, 0.1) is 0 Å². The molecule has 3 rings (SSSR count). The second-order valence-corrected chi connectivity index (χ2v) is 7.79. The molecule has 0 bridgehead atoms. The Morgan fingerprint density at radius 1 is 1.13 bits per heavy atom. The van der Waals surface area contributed by atoms with Crippen molar-refractivity contribution in [2.45, 2.75) is 25.7 Å². The zero-order valence-corrected chi connectivity index (χ0v) is 17.8. The van der Waals surface area contributed by atoms with Gasteiger partial charge in [0.15, 0.2) is 5.78 Å². The minimum atomic E-state index is -0.135. The second kappa shape index (κ2) is 10.5. The van der Waals surface area contributed by atoms with Crippen LogP contribution in [0.25, 0.3) is 0 Å². The number of carbonyl (C=O) groups is 3. The van der Waals surface area contributed by atoms with E-state index >= 15 is 0 Å². The van der Waals surface area contributed by atoms with Crippen LogP contribution in [0.4, 0.5) is 5.69 Å². The summed E-state index contributed by atoms with van der Waals surface area (Å²) in [5.41, 5.74) is 2.46. The highest BCUT2D eigenvalue weighted by atomic mass is 35.5. The molecule has 6 nitrogen and oxygen atoms in total. The van der Waals surface area contributed by atoms with Crippen molar-refractivity contribution < 1.29 is 19.1 Å². The summed E-state index contributed by atoms with van der Waals surface area (Å²) in [7, 11) is 0. The summed E-state index contributed by atoms with van der Waals surface area (Å²) in [6, 6.07) is 10.3. The monoisotopic (exact) mass is 448 g/mol. The highest BCUT2D eigenvalue weighted by molar-refractivity contribution is 6.35. The van der Waals surface area contributed by atoms with Gasteiger partial charge in [-0.1, -0.05) is 23.2 Å². The molecule has 0 aromatic heterocycles. The number of nitrogens with zero attached hydrogens (tertiary/aromatic N) is 1. The van der Waals surface area contributed by atoms with Crippen molar-refractivity contribution in [1.29, 1.82) is 0 Å². The van der Waals surface area contributed by atoms with Gasteiger partial charge in [-0.25, -0.2) is 0 Å². The Bertz CT molecular complexity index is 949. The molecular weight excluding hydrogens is 427 g/mol. The van der Waals surface area contributed by atoms with Gasteiger partial charge in [-0.2, -0.15) is 0 Å². The number of amides is 2. The summed E-state index contributed by atoms with van der Waals surface area (Å²) in [4.78, 5) is 36.9. The number of halogens is 2. The first-order valence-corrected chi connectivity index (χ1v) is 10.5. The molecule has 2 aromatic carbocycles. The lowest BCUT2D eigenvalue weighted by molar-refractivity contribution is -0.121. The average molecular weight is 449 g/mol. The first-order chi connectivity index (χ1) is 14.5. The maximum absolute atomic E-state index is 12.4. The smallest absolute Gasteiger partial charge is 0.220 e. The Kier molecular flexibility index (Phi) is 7.71. The fraction of sp³-hybridized carbons (Fsp3) is 0.318. The van der Waals surface area contributed by atoms with Crippen LogP contribution in [0.3, 0.4) is 0 Å². The van der Waals surface area contributed by atoms with Gasteiger partial charge >= 0.3 is 0 Å². The standard InChI is InChI=1S/C22H22Cl2N2O4/c23-17-4-6-21(18(24)13-17)30-11-1-2-22(29)25-9-7-20(28)16-3-5-19-15(12-16)8-10-26(19)14-27/h3-6,12-14H,1-2,7-11H2,(H,25,29). The van der Waals surface area contributed by atoms with E-state index in [-0.39, 0.29) is 24.7 Å². The van der Waals surface area contributed by atoms with E-state index in [1.165, 1.54) is 0 Å². The number of benzene rings is 2. The zero-order valence-electron chi connectivity index (χ0n) is 16.3. The van der Waals surface area contributed by atoms with Crippen LogP contribution in [-0.4, -0.2) is 37.8 Å². The Balaban J connectivity index is 1.35. The van der Waals surface area contributed by atoms with Crippen LogP contribution in [-0.2, 0) is 16.0 Å². The van der Waals surface area contributed by atoms with Gasteiger partial charge in [0.25, 0.3) is 0 Å². The van der Waals surface area contributed by atoms with E-state index in [4.69, 9.17) is 27.9 Å². The SMILES string of the molecule is O=CN1CCc2cc(C(=O)CCNC(=O)CCCOc3ccc(Cl)cc3Cl)ccc21. The topological polar surface area (TPSA) is 75.7 Å². The third-order valence-corrected chi connectivity index (χ3v) is 5.36. The highest BCUT2D eigenvalue weighted by Crippen LogP contribution is 2.28. The van der Waals surface area contributed by atoms with Crippen LogP contribution in [0.5, 0.6) is 5.75 Å². The van der Waals surface area contributed by atoms with E-state index in [0.29, 0.717) is 47.4 Å². The van der Waals surface area contributed by atoms with Crippen LogP contribution >= 0.6 is 23.2 Å². The van der Waals surface area contributed by atoms with Gasteiger partial charge in [-0.3, -0.25) is 14.4 Å². The van der Waals surface area contributed by atoms with Crippen LogP contribution in [0.1, 0.15) is 35.2 Å². The lowest BCUT2D eigenvalue weighted by Gasteiger charge is -2.10. The van der Waals surface area contributed by atoms with E-state index in [2.05, 4.69) is 5.32 Å². The molecule has 0 radical (unpaired) electrons. The molecule has 1 aliphatic rings. The zero-order chi connectivity index (χ0) is 21.5. The summed E-state index contributed by atoms with van der Waals surface area (Å²) in [5.74, 6) is 0.352. The number of Topliss-reactive ketones (excluding diaryl/α,β-unsaturated/α-hetero) is 1. The first kappa shape index (κ1) is 22.1. The molecule has 158 valence electrons. The summed E-state index contributed by atoms with van der Waals surface area (Å²) in [6.07, 6.45) is 2.59. The Morgan fingerprint density at radius 2 is 1.97 bits per heavy atom. The third kappa shape index (κ3) is 5.74. The number of carbonyl (C=O) groups excluding carboxylic acids is 3. The summed E-state index contributed by atoms with van der Waals surface area (Å²) in [5, 5.41) is 3.71. The number of nitrogens with one attached hydrogen (secondary N) is 1. The minimum Gasteiger partial charge on any atom is -0.492 e. The van der Waals surface area contributed by atoms with Gasteiger partial charge in [0, 0.05) is 42.2 Å². The van der Waals surface area contributed by atoms with Crippen molar-refractivity contribution in [2.24, 2.45) is 0 Å². The van der Waals surface area contributed by atoms with Crippen molar-refractivity contribution in [2.75, 3.05) is 24.6 Å². The highest BCUT2D eigenvalue weighted by Gasteiger charge is 2.19.